The molecule has 17 heavy (non-hydrogen) atoms. The minimum atomic E-state index is -0.914. The van der Waals surface area contributed by atoms with E-state index in [0.29, 0.717) is 18.8 Å². The molecule has 3 heteroatoms. The number of hydrogen-bond acceptors (Lipinski definition) is 3. The molecular formula is C14H18O3. The Labute approximate surface area is 102 Å². The van der Waals surface area contributed by atoms with Crippen molar-refractivity contribution in [2.75, 3.05) is 0 Å². The SMILES string of the molecule is C=CC=COC(=O)[C@@]12CCC(CC1=O)C2(C)C. The third kappa shape index (κ3) is 1.41. The number of fused-ring (bicyclic) bond motifs is 2. The summed E-state index contributed by atoms with van der Waals surface area (Å²) in [6.07, 6.45) is 6.48. The van der Waals surface area contributed by atoms with Crippen molar-refractivity contribution >= 4 is 11.8 Å². The molecule has 3 nitrogen and oxygen atoms in total. The summed E-state index contributed by atoms with van der Waals surface area (Å²) >= 11 is 0. The maximum Gasteiger partial charge on any atom is 0.324 e. The fraction of sp³-hybridized carbons (Fsp3) is 0.571. The Morgan fingerprint density at radius 3 is 2.71 bits per heavy atom. The van der Waals surface area contributed by atoms with Gasteiger partial charge in [0.05, 0.1) is 6.26 Å². The van der Waals surface area contributed by atoms with Crippen LogP contribution in [0, 0.1) is 16.7 Å². The van der Waals surface area contributed by atoms with Crippen LogP contribution in [0.2, 0.25) is 0 Å². The first-order valence-corrected chi connectivity index (χ1v) is 5.99. The molecule has 0 saturated heterocycles. The Morgan fingerprint density at radius 1 is 1.53 bits per heavy atom. The topological polar surface area (TPSA) is 43.4 Å². The average molecular weight is 234 g/mol. The van der Waals surface area contributed by atoms with Gasteiger partial charge in [-0.15, -0.1) is 0 Å². The van der Waals surface area contributed by atoms with Gasteiger partial charge in [-0.2, -0.15) is 0 Å². The Hall–Kier alpha value is -1.38. The molecule has 0 N–H and O–H groups in total. The van der Waals surface area contributed by atoms with Crippen molar-refractivity contribution in [3.63, 3.8) is 0 Å². The smallest absolute Gasteiger partial charge is 0.324 e. The highest BCUT2D eigenvalue weighted by Gasteiger charge is 2.69. The maximum atomic E-state index is 12.2. The zero-order valence-electron chi connectivity index (χ0n) is 10.4. The van der Waals surface area contributed by atoms with Gasteiger partial charge in [-0.25, -0.2) is 0 Å². The molecule has 0 aromatic heterocycles. The highest BCUT2D eigenvalue weighted by Crippen LogP contribution is 2.64. The van der Waals surface area contributed by atoms with E-state index in [0.717, 1.165) is 6.42 Å². The third-order valence-corrected chi connectivity index (χ3v) is 4.63. The first kappa shape index (κ1) is 12.1. The molecule has 1 unspecified atom stereocenters. The van der Waals surface area contributed by atoms with Crippen LogP contribution in [-0.2, 0) is 14.3 Å². The second-order valence-electron chi connectivity index (χ2n) is 5.46. The van der Waals surface area contributed by atoms with E-state index in [4.69, 9.17) is 4.74 Å². The summed E-state index contributed by atoms with van der Waals surface area (Å²) < 4.78 is 5.08. The molecule has 2 bridgehead atoms. The van der Waals surface area contributed by atoms with Gasteiger partial charge in [-0.3, -0.25) is 9.59 Å². The number of hydrogen-bond donors (Lipinski definition) is 0. The number of ether oxygens (including phenoxy) is 1. The summed E-state index contributed by atoms with van der Waals surface area (Å²) in [4.78, 5) is 24.3. The highest BCUT2D eigenvalue weighted by molar-refractivity contribution is 6.07. The van der Waals surface area contributed by atoms with Crippen molar-refractivity contribution in [1.29, 1.82) is 0 Å². The summed E-state index contributed by atoms with van der Waals surface area (Å²) in [6.45, 7) is 7.52. The van der Waals surface area contributed by atoms with E-state index in [1.165, 1.54) is 12.3 Å². The van der Waals surface area contributed by atoms with Crippen LogP contribution in [0.15, 0.2) is 25.0 Å². The van der Waals surface area contributed by atoms with Crippen molar-refractivity contribution in [3.8, 4) is 0 Å². The molecule has 0 radical (unpaired) electrons. The number of carbonyl (C=O) groups excluding carboxylic acids is 2. The number of rotatable bonds is 3. The van der Waals surface area contributed by atoms with Crippen LogP contribution in [0.5, 0.6) is 0 Å². The zero-order valence-corrected chi connectivity index (χ0v) is 10.4. The van der Waals surface area contributed by atoms with Gasteiger partial charge in [0.1, 0.15) is 5.41 Å². The Morgan fingerprint density at radius 2 is 2.24 bits per heavy atom. The van der Waals surface area contributed by atoms with Crippen LogP contribution in [0.25, 0.3) is 0 Å². The number of carbonyl (C=O) groups is 2. The van der Waals surface area contributed by atoms with Crippen LogP contribution in [0.4, 0.5) is 0 Å². The first-order chi connectivity index (χ1) is 7.96. The van der Waals surface area contributed by atoms with E-state index in [9.17, 15) is 9.59 Å². The number of ketones is 1. The molecule has 0 heterocycles. The summed E-state index contributed by atoms with van der Waals surface area (Å²) in [5, 5.41) is 0. The van der Waals surface area contributed by atoms with E-state index >= 15 is 0 Å². The lowest BCUT2D eigenvalue weighted by Gasteiger charge is -2.33. The van der Waals surface area contributed by atoms with Gasteiger partial charge in [-0.1, -0.05) is 26.5 Å². The van der Waals surface area contributed by atoms with Crippen molar-refractivity contribution in [2.45, 2.75) is 33.1 Å². The lowest BCUT2D eigenvalue weighted by atomic mass is 9.69. The molecule has 0 aromatic rings. The van der Waals surface area contributed by atoms with E-state index in [-0.39, 0.29) is 11.2 Å². The molecule has 2 fully saturated rings. The molecule has 92 valence electrons. The fourth-order valence-electron chi connectivity index (χ4n) is 3.41. The Balaban J connectivity index is 2.28. The summed E-state index contributed by atoms with van der Waals surface area (Å²) in [6, 6.07) is 0. The van der Waals surface area contributed by atoms with E-state index in [1.54, 1.807) is 6.08 Å². The van der Waals surface area contributed by atoms with Gasteiger partial charge in [-0.05, 0) is 30.3 Å². The normalized spacial score (nSPS) is 34.2. The number of allylic oxidation sites excluding steroid dienone is 2. The second-order valence-corrected chi connectivity index (χ2v) is 5.46. The van der Waals surface area contributed by atoms with Crippen molar-refractivity contribution in [1.82, 2.24) is 0 Å². The van der Waals surface area contributed by atoms with Gasteiger partial charge in [0, 0.05) is 6.42 Å². The predicted molar refractivity (Wildman–Crippen MR) is 64.0 cm³/mol. The van der Waals surface area contributed by atoms with Crippen LogP contribution in [-0.4, -0.2) is 11.8 Å². The van der Waals surface area contributed by atoms with E-state index in [1.807, 2.05) is 13.8 Å². The van der Waals surface area contributed by atoms with Crippen LogP contribution in [0.1, 0.15) is 33.1 Å². The molecule has 2 atom stereocenters. The van der Waals surface area contributed by atoms with Gasteiger partial charge < -0.3 is 4.74 Å². The Bertz CT molecular complexity index is 406. The zero-order chi connectivity index (χ0) is 12.7. The van der Waals surface area contributed by atoms with Crippen molar-refractivity contribution in [2.24, 2.45) is 16.7 Å². The first-order valence-electron chi connectivity index (χ1n) is 5.99. The quantitative estimate of drug-likeness (QED) is 0.326. The van der Waals surface area contributed by atoms with Gasteiger partial charge in [0.2, 0.25) is 0 Å². The molecule has 0 spiro atoms. The van der Waals surface area contributed by atoms with E-state index in [2.05, 4.69) is 6.58 Å². The standard InChI is InChI=1S/C14H18O3/c1-4-5-8-17-12(16)14-7-6-10(9-11(14)15)13(14,2)3/h4-5,8,10H,1,6-7,9H2,2-3H3/t10?,14-/m1/s1. The number of Topliss-reactive ketones (excluding diaryl/α,β-unsaturated/α-hetero) is 1. The maximum absolute atomic E-state index is 12.2. The second kappa shape index (κ2) is 3.83. The molecule has 0 amide bonds. The van der Waals surface area contributed by atoms with Gasteiger partial charge in [0.15, 0.2) is 5.78 Å². The molecule has 2 aliphatic carbocycles. The molecule has 0 aromatic carbocycles. The monoisotopic (exact) mass is 234 g/mol. The summed E-state index contributed by atoms with van der Waals surface area (Å²) in [7, 11) is 0. The fourth-order valence-corrected chi connectivity index (χ4v) is 3.41. The highest BCUT2D eigenvalue weighted by atomic mass is 16.5. The molecule has 0 aliphatic heterocycles. The van der Waals surface area contributed by atoms with Crippen LogP contribution in [0.3, 0.4) is 0 Å². The third-order valence-electron chi connectivity index (χ3n) is 4.63. The van der Waals surface area contributed by atoms with Crippen LogP contribution < -0.4 is 0 Å². The van der Waals surface area contributed by atoms with E-state index < -0.39 is 11.4 Å². The van der Waals surface area contributed by atoms with Crippen molar-refractivity contribution in [3.05, 3.63) is 25.0 Å². The lowest BCUT2D eigenvalue weighted by Crippen LogP contribution is -2.44. The molecular weight excluding hydrogens is 216 g/mol. The van der Waals surface area contributed by atoms with Gasteiger partial charge in [0.25, 0.3) is 0 Å². The lowest BCUT2D eigenvalue weighted by molar-refractivity contribution is -0.159. The number of esters is 1. The summed E-state index contributed by atoms with van der Waals surface area (Å²) in [5.74, 6) is -0.0210. The van der Waals surface area contributed by atoms with Gasteiger partial charge >= 0.3 is 5.97 Å². The molecule has 2 rings (SSSR count). The largest absolute Gasteiger partial charge is 0.434 e. The average Bonchev–Trinajstić information content (AvgIpc) is 2.63. The minimum absolute atomic E-state index is 0.0516. The predicted octanol–water partition coefficient (Wildman–Crippen LogP) is 2.62. The molecule has 2 aliphatic rings. The Kier molecular flexibility index (Phi) is 2.72. The van der Waals surface area contributed by atoms with Crippen molar-refractivity contribution < 1.29 is 14.3 Å². The molecule has 2 saturated carbocycles. The minimum Gasteiger partial charge on any atom is -0.434 e. The van der Waals surface area contributed by atoms with Crippen LogP contribution >= 0.6 is 0 Å². The summed E-state index contributed by atoms with van der Waals surface area (Å²) in [5.41, 5.74) is -1.19.